The quantitative estimate of drug-likeness (QED) is 0.318. The van der Waals surface area contributed by atoms with Crippen LogP contribution in [-0.4, -0.2) is 34.2 Å². The number of carbonyl (C=O) groups excluding carboxylic acids is 3. The number of carbonyl (C=O) groups is 3. The van der Waals surface area contributed by atoms with Crippen LogP contribution in [0.2, 0.25) is 0 Å². The Labute approximate surface area is 197 Å². The van der Waals surface area contributed by atoms with Crippen LogP contribution in [0.5, 0.6) is 0 Å². The highest BCUT2D eigenvalue weighted by molar-refractivity contribution is 6.14. The number of para-hydroxylation sites is 1. The van der Waals surface area contributed by atoms with Crippen LogP contribution in [0.3, 0.4) is 0 Å². The molecule has 2 N–H and O–H groups in total. The molecule has 0 bridgehead atoms. The van der Waals surface area contributed by atoms with Crippen LogP contribution >= 0.6 is 0 Å². The first-order valence-electron chi connectivity index (χ1n) is 11.4. The van der Waals surface area contributed by atoms with Gasteiger partial charge < -0.3 is 10.3 Å². The van der Waals surface area contributed by atoms with Crippen molar-refractivity contribution in [2.24, 2.45) is 0 Å². The molecule has 0 radical (unpaired) electrons. The molecule has 0 aliphatic carbocycles. The van der Waals surface area contributed by atoms with Crippen molar-refractivity contribution in [1.82, 2.24) is 15.2 Å². The predicted molar refractivity (Wildman–Crippen MR) is 131 cm³/mol. The fraction of sp³-hybridized carbons (Fsp3) is 0.179. The van der Waals surface area contributed by atoms with E-state index in [0.29, 0.717) is 17.5 Å². The number of hydrogen-bond acceptors (Lipinski definition) is 3. The summed E-state index contributed by atoms with van der Waals surface area (Å²) in [5.41, 5.74) is 2.83. The summed E-state index contributed by atoms with van der Waals surface area (Å²) in [6.45, 7) is 1.73. The Morgan fingerprint density at radius 3 is 2.32 bits per heavy atom. The largest absolute Gasteiger partial charge is 0.360 e. The zero-order chi connectivity index (χ0) is 23.7. The summed E-state index contributed by atoms with van der Waals surface area (Å²) < 4.78 is 0. The van der Waals surface area contributed by atoms with E-state index in [2.05, 4.69) is 17.2 Å². The number of nitrogens with zero attached hydrogens (tertiary/aromatic N) is 1. The summed E-state index contributed by atoms with van der Waals surface area (Å²) in [4.78, 5) is 44.4. The lowest BCUT2D eigenvalue weighted by Gasteiger charge is -2.27. The van der Waals surface area contributed by atoms with Crippen molar-refractivity contribution >= 4 is 28.6 Å². The summed E-state index contributed by atoms with van der Waals surface area (Å²) in [5.74, 6) is -0.707. The van der Waals surface area contributed by atoms with Gasteiger partial charge in [-0.2, -0.15) is 0 Å². The van der Waals surface area contributed by atoms with Crippen LogP contribution in [0.25, 0.3) is 10.9 Å². The molecule has 0 saturated carbocycles. The summed E-state index contributed by atoms with van der Waals surface area (Å²) in [5, 5.41) is 3.72. The van der Waals surface area contributed by atoms with Crippen molar-refractivity contribution in [2.45, 2.75) is 25.3 Å². The van der Waals surface area contributed by atoms with E-state index >= 15 is 0 Å². The first-order chi connectivity index (χ1) is 16.5. The summed E-state index contributed by atoms with van der Waals surface area (Å²) in [6.07, 6.45) is 2.79. The Hall–Kier alpha value is -4.19. The molecule has 4 aromatic rings. The Morgan fingerprint density at radius 1 is 0.912 bits per heavy atom. The molecule has 0 spiro atoms. The molecule has 1 atom stereocenters. The van der Waals surface area contributed by atoms with Gasteiger partial charge in [0.25, 0.3) is 5.91 Å². The molecule has 1 fully saturated rings. The van der Waals surface area contributed by atoms with Gasteiger partial charge in [0, 0.05) is 29.1 Å². The SMILES string of the molecule is CCc1cccc2c(C(=O)CN3C(=O)N[C@@](Cc4ccccc4)(c4ccccc4)C3=O)c[nH]c12. The molecular weight excluding hydrogens is 426 g/mol. The second-order valence-electron chi connectivity index (χ2n) is 8.57. The number of nitrogens with one attached hydrogen (secondary N) is 2. The number of imide groups is 1. The Kier molecular flexibility index (Phi) is 5.49. The van der Waals surface area contributed by atoms with Gasteiger partial charge in [0.2, 0.25) is 0 Å². The van der Waals surface area contributed by atoms with Gasteiger partial charge in [-0.3, -0.25) is 14.5 Å². The zero-order valence-corrected chi connectivity index (χ0v) is 18.9. The molecule has 5 rings (SSSR count). The molecule has 1 aliphatic heterocycles. The molecule has 6 nitrogen and oxygen atoms in total. The molecule has 34 heavy (non-hydrogen) atoms. The number of urea groups is 1. The van der Waals surface area contributed by atoms with Gasteiger partial charge in [-0.25, -0.2) is 4.79 Å². The van der Waals surface area contributed by atoms with Crippen LogP contribution in [0, 0.1) is 0 Å². The number of amides is 3. The lowest BCUT2D eigenvalue weighted by Crippen LogP contribution is -2.46. The van der Waals surface area contributed by atoms with Gasteiger partial charge >= 0.3 is 6.03 Å². The third kappa shape index (κ3) is 3.57. The third-order valence-corrected chi connectivity index (χ3v) is 6.54. The van der Waals surface area contributed by atoms with E-state index in [4.69, 9.17) is 0 Å². The van der Waals surface area contributed by atoms with Gasteiger partial charge in [0.15, 0.2) is 11.3 Å². The molecule has 3 aromatic carbocycles. The monoisotopic (exact) mass is 451 g/mol. The molecular formula is C28H25N3O3. The van der Waals surface area contributed by atoms with Gasteiger partial charge in [-0.05, 0) is 23.1 Å². The number of aromatic nitrogens is 1. The van der Waals surface area contributed by atoms with Crippen molar-refractivity contribution in [3.8, 4) is 0 Å². The molecule has 2 heterocycles. The van der Waals surface area contributed by atoms with Gasteiger partial charge in [0.05, 0.1) is 6.54 Å². The third-order valence-electron chi connectivity index (χ3n) is 6.54. The normalized spacial score (nSPS) is 17.9. The van der Waals surface area contributed by atoms with Crippen molar-refractivity contribution < 1.29 is 14.4 Å². The number of Topliss-reactive ketones (excluding diaryl/α,β-unsaturated/α-hetero) is 1. The summed E-state index contributed by atoms with van der Waals surface area (Å²) >= 11 is 0. The van der Waals surface area contributed by atoms with Crippen LogP contribution in [0.4, 0.5) is 4.79 Å². The predicted octanol–water partition coefficient (Wildman–Crippen LogP) is 4.60. The Bertz CT molecular complexity index is 1380. The molecule has 170 valence electrons. The average molecular weight is 452 g/mol. The maximum atomic E-state index is 13.8. The highest BCUT2D eigenvalue weighted by Gasteiger charge is 2.52. The molecule has 3 amide bonds. The standard InChI is InChI=1S/C28H25N3O3/c1-2-20-12-9-15-22-23(17-29-25(20)22)24(32)18-31-26(33)28(30-27(31)34,21-13-7-4-8-14-21)16-19-10-5-3-6-11-19/h3-15,17,29H,2,16,18H2,1H3,(H,30,34)/t28-/m0/s1. The number of rotatable bonds is 7. The van der Waals surface area contributed by atoms with Crippen molar-refractivity contribution in [3.05, 3.63) is 107 Å². The van der Waals surface area contributed by atoms with Crippen molar-refractivity contribution in [2.75, 3.05) is 6.54 Å². The highest BCUT2D eigenvalue weighted by Crippen LogP contribution is 2.33. The summed E-state index contributed by atoms with van der Waals surface area (Å²) in [7, 11) is 0. The molecule has 1 aromatic heterocycles. The molecule has 0 unspecified atom stereocenters. The van der Waals surface area contributed by atoms with Gasteiger partial charge in [0.1, 0.15) is 0 Å². The maximum absolute atomic E-state index is 13.8. The van der Waals surface area contributed by atoms with E-state index in [1.54, 1.807) is 6.20 Å². The fourth-order valence-corrected chi connectivity index (χ4v) is 4.78. The van der Waals surface area contributed by atoms with Gasteiger partial charge in [-0.15, -0.1) is 0 Å². The minimum atomic E-state index is -1.27. The maximum Gasteiger partial charge on any atom is 0.325 e. The molecule has 1 aliphatic rings. The minimum absolute atomic E-state index is 0.286. The number of aromatic amines is 1. The topological polar surface area (TPSA) is 82.3 Å². The average Bonchev–Trinajstić information content (AvgIpc) is 3.41. The molecule has 1 saturated heterocycles. The van der Waals surface area contributed by atoms with Crippen molar-refractivity contribution in [3.63, 3.8) is 0 Å². The second kappa shape index (κ2) is 8.63. The smallest absolute Gasteiger partial charge is 0.325 e. The Balaban J connectivity index is 1.48. The number of ketones is 1. The van der Waals surface area contributed by atoms with E-state index in [-0.39, 0.29) is 12.3 Å². The van der Waals surface area contributed by atoms with E-state index in [1.807, 2.05) is 78.9 Å². The first kappa shape index (κ1) is 21.6. The van der Waals surface area contributed by atoms with Crippen LogP contribution in [-0.2, 0) is 23.2 Å². The van der Waals surface area contributed by atoms with Gasteiger partial charge in [-0.1, -0.05) is 85.8 Å². The number of hydrogen-bond donors (Lipinski definition) is 2. The van der Waals surface area contributed by atoms with Crippen LogP contribution in [0.15, 0.2) is 85.1 Å². The van der Waals surface area contributed by atoms with Crippen molar-refractivity contribution in [1.29, 1.82) is 0 Å². The summed E-state index contributed by atoms with van der Waals surface area (Å²) in [6, 6.07) is 24.0. The zero-order valence-electron chi connectivity index (χ0n) is 18.9. The van der Waals surface area contributed by atoms with E-state index in [0.717, 1.165) is 33.4 Å². The fourth-order valence-electron chi connectivity index (χ4n) is 4.78. The lowest BCUT2D eigenvalue weighted by atomic mass is 9.83. The molecule has 6 heteroatoms. The minimum Gasteiger partial charge on any atom is -0.360 e. The number of benzene rings is 3. The number of fused-ring (bicyclic) bond motifs is 1. The Morgan fingerprint density at radius 2 is 1.62 bits per heavy atom. The van der Waals surface area contributed by atoms with E-state index < -0.39 is 17.5 Å². The van der Waals surface area contributed by atoms with E-state index in [9.17, 15) is 14.4 Å². The first-order valence-corrected chi connectivity index (χ1v) is 11.4. The van der Waals surface area contributed by atoms with Crippen LogP contribution < -0.4 is 5.32 Å². The number of aryl methyl sites for hydroxylation is 1. The van der Waals surface area contributed by atoms with Crippen LogP contribution in [0.1, 0.15) is 34.0 Å². The number of H-pyrrole nitrogens is 1. The highest BCUT2D eigenvalue weighted by atomic mass is 16.2. The van der Waals surface area contributed by atoms with E-state index in [1.165, 1.54) is 0 Å². The lowest BCUT2D eigenvalue weighted by molar-refractivity contribution is -0.131. The second-order valence-corrected chi connectivity index (χ2v) is 8.57.